The summed E-state index contributed by atoms with van der Waals surface area (Å²) in [6.07, 6.45) is 3.30. The highest BCUT2D eigenvalue weighted by molar-refractivity contribution is 6.19. The molecule has 0 amide bonds. The fourth-order valence-corrected chi connectivity index (χ4v) is 1.82. The Labute approximate surface area is 129 Å². The van der Waals surface area contributed by atoms with Gasteiger partial charge >= 0.3 is 0 Å². The molecule has 0 aliphatic carbocycles. The highest BCUT2D eigenvalue weighted by atomic mass is 35.5. The van der Waals surface area contributed by atoms with Crippen molar-refractivity contribution in [2.75, 3.05) is 13.0 Å². The van der Waals surface area contributed by atoms with Crippen molar-refractivity contribution in [3.8, 4) is 23.3 Å². The Morgan fingerprint density at radius 3 is 2.81 bits per heavy atom. The third-order valence-corrected chi connectivity index (χ3v) is 2.75. The Kier molecular flexibility index (Phi) is 5.42. The van der Waals surface area contributed by atoms with Gasteiger partial charge in [-0.2, -0.15) is 0 Å². The first-order valence-electron chi connectivity index (χ1n) is 6.35. The van der Waals surface area contributed by atoms with E-state index in [9.17, 15) is 0 Å². The van der Waals surface area contributed by atoms with Crippen LogP contribution in [0.25, 0.3) is 0 Å². The molecule has 0 bridgehead atoms. The molecule has 0 atom stereocenters. The topological polar surface area (TPSA) is 44.2 Å². The first kappa shape index (κ1) is 15.1. The standard InChI is InChI=1S/C16H15ClN2O2/c1-12-6-15(20-2)8-14(19-12)11-21-16-7-13(4-3-5-17)9-18-10-16/h6-10H,5,11H2,1-2H3. The lowest BCUT2D eigenvalue weighted by Crippen LogP contribution is -2.01. The van der Waals surface area contributed by atoms with Gasteiger partial charge in [0.2, 0.25) is 0 Å². The molecule has 2 aromatic heterocycles. The van der Waals surface area contributed by atoms with Crippen LogP contribution in [-0.2, 0) is 6.61 Å². The molecule has 0 aliphatic rings. The normalized spacial score (nSPS) is 9.67. The van der Waals surface area contributed by atoms with Crippen molar-refractivity contribution in [2.24, 2.45) is 0 Å². The molecule has 108 valence electrons. The third-order valence-electron chi connectivity index (χ3n) is 2.62. The zero-order valence-electron chi connectivity index (χ0n) is 11.9. The Morgan fingerprint density at radius 2 is 2.05 bits per heavy atom. The van der Waals surface area contributed by atoms with Gasteiger partial charge < -0.3 is 9.47 Å². The maximum absolute atomic E-state index is 5.69. The molecule has 5 heteroatoms. The monoisotopic (exact) mass is 302 g/mol. The van der Waals surface area contributed by atoms with E-state index in [1.807, 2.05) is 25.1 Å². The van der Waals surface area contributed by atoms with E-state index in [1.54, 1.807) is 19.5 Å². The molecule has 4 nitrogen and oxygen atoms in total. The zero-order valence-corrected chi connectivity index (χ0v) is 12.6. The number of hydrogen-bond acceptors (Lipinski definition) is 4. The van der Waals surface area contributed by atoms with E-state index in [2.05, 4.69) is 21.8 Å². The number of halogens is 1. The predicted molar refractivity (Wildman–Crippen MR) is 81.7 cm³/mol. The Bertz CT molecular complexity index is 677. The highest BCUT2D eigenvalue weighted by Crippen LogP contribution is 2.16. The van der Waals surface area contributed by atoms with Crippen molar-refractivity contribution in [1.29, 1.82) is 0 Å². The van der Waals surface area contributed by atoms with Crippen LogP contribution >= 0.6 is 11.6 Å². The van der Waals surface area contributed by atoms with E-state index < -0.39 is 0 Å². The van der Waals surface area contributed by atoms with Crippen LogP contribution in [0.2, 0.25) is 0 Å². The van der Waals surface area contributed by atoms with Gasteiger partial charge in [0.1, 0.15) is 18.1 Å². The average molecular weight is 303 g/mol. The summed E-state index contributed by atoms with van der Waals surface area (Å²) in [5.74, 6) is 7.37. The number of aromatic nitrogens is 2. The molecule has 0 radical (unpaired) electrons. The second-order valence-electron chi connectivity index (χ2n) is 4.27. The van der Waals surface area contributed by atoms with Gasteiger partial charge in [-0.05, 0) is 13.0 Å². The summed E-state index contributed by atoms with van der Waals surface area (Å²) in [5, 5.41) is 0. The van der Waals surface area contributed by atoms with E-state index >= 15 is 0 Å². The summed E-state index contributed by atoms with van der Waals surface area (Å²) in [7, 11) is 1.63. The molecule has 0 N–H and O–H groups in total. The van der Waals surface area contributed by atoms with Crippen LogP contribution in [0.1, 0.15) is 17.0 Å². The molecule has 2 rings (SSSR count). The molecule has 2 heterocycles. The molecular weight excluding hydrogens is 288 g/mol. The summed E-state index contributed by atoms with van der Waals surface area (Å²) in [5.41, 5.74) is 2.44. The number of aryl methyl sites for hydroxylation is 1. The third kappa shape index (κ3) is 4.66. The summed E-state index contributed by atoms with van der Waals surface area (Å²) in [6, 6.07) is 5.53. The maximum Gasteiger partial charge on any atom is 0.139 e. The minimum atomic E-state index is 0.290. The van der Waals surface area contributed by atoms with Crippen LogP contribution in [0, 0.1) is 18.8 Å². The Morgan fingerprint density at radius 1 is 1.19 bits per heavy atom. The minimum absolute atomic E-state index is 0.290. The molecule has 0 saturated heterocycles. The number of nitrogens with zero attached hydrogens (tertiary/aromatic N) is 2. The lowest BCUT2D eigenvalue weighted by atomic mass is 10.3. The molecule has 0 saturated carbocycles. The van der Waals surface area contributed by atoms with Crippen LogP contribution in [0.3, 0.4) is 0 Å². The molecule has 0 aromatic carbocycles. The van der Waals surface area contributed by atoms with E-state index in [-0.39, 0.29) is 5.88 Å². The van der Waals surface area contributed by atoms with E-state index in [0.717, 1.165) is 22.7 Å². The number of alkyl halides is 1. The van der Waals surface area contributed by atoms with Crippen LogP contribution in [0.5, 0.6) is 11.5 Å². The van der Waals surface area contributed by atoms with Gasteiger partial charge in [-0.15, -0.1) is 11.6 Å². The van der Waals surface area contributed by atoms with Crippen molar-refractivity contribution in [3.05, 3.63) is 47.5 Å². The van der Waals surface area contributed by atoms with Crippen LogP contribution in [-0.4, -0.2) is 23.0 Å². The fourth-order valence-electron chi connectivity index (χ4n) is 1.75. The highest BCUT2D eigenvalue weighted by Gasteiger charge is 2.03. The van der Waals surface area contributed by atoms with Gasteiger partial charge in [-0.25, -0.2) is 0 Å². The average Bonchev–Trinajstić information content (AvgIpc) is 2.51. The molecule has 0 unspecified atom stereocenters. The molecule has 2 aromatic rings. The number of pyridine rings is 2. The summed E-state index contributed by atoms with van der Waals surface area (Å²) >= 11 is 5.53. The second-order valence-corrected chi connectivity index (χ2v) is 4.54. The first-order chi connectivity index (χ1) is 10.2. The zero-order chi connectivity index (χ0) is 15.1. The van der Waals surface area contributed by atoms with Gasteiger partial charge in [0.25, 0.3) is 0 Å². The van der Waals surface area contributed by atoms with Gasteiger partial charge in [-0.3, -0.25) is 9.97 Å². The molecule has 0 spiro atoms. The minimum Gasteiger partial charge on any atom is -0.497 e. The Hall–Kier alpha value is -2.25. The van der Waals surface area contributed by atoms with Gasteiger partial charge in [0.15, 0.2) is 0 Å². The van der Waals surface area contributed by atoms with Crippen molar-refractivity contribution in [2.45, 2.75) is 13.5 Å². The molecular formula is C16H15ClN2O2. The van der Waals surface area contributed by atoms with Crippen molar-refractivity contribution in [3.63, 3.8) is 0 Å². The summed E-state index contributed by atoms with van der Waals surface area (Å²) in [4.78, 5) is 8.48. The maximum atomic E-state index is 5.69. The van der Waals surface area contributed by atoms with Crippen molar-refractivity contribution < 1.29 is 9.47 Å². The number of methoxy groups -OCH3 is 1. The molecule has 0 aliphatic heterocycles. The SMILES string of the molecule is COc1cc(C)nc(COc2cncc(C#CCCl)c2)c1. The lowest BCUT2D eigenvalue weighted by molar-refractivity contribution is 0.298. The van der Waals surface area contributed by atoms with Gasteiger partial charge in [0.05, 0.1) is 24.9 Å². The first-order valence-corrected chi connectivity index (χ1v) is 6.89. The van der Waals surface area contributed by atoms with Crippen LogP contribution in [0.4, 0.5) is 0 Å². The van der Waals surface area contributed by atoms with E-state index in [0.29, 0.717) is 12.4 Å². The van der Waals surface area contributed by atoms with Gasteiger partial charge in [0, 0.05) is 29.6 Å². The molecule has 21 heavy (non-hydrogen) atoms. The van der Waals surface area contributed by atoms with E-state index in [1.165, 1.54) is 0 Å². The van der Waals surface area contributed by atoms with Crippen molar-refractivity contribution >= 4 is 11.6 Å². The van der Waals surface area contributed by atoms with Crippen LogP contribution in [0.15, 0.2) is 30.6 Å². The lowest BCUT2D eigenvalue weighted by Gasteiger charge is -2.08. The largest absolute Gasteiger partial charge is 0.497 e. The number of ether oxygens (including phenoxy) is 2. The quantitative estimate of drug-likeness (QED) is 0.643. The van der Waals surface area contributed by atoms with Crippen molar-refractivity contribution in [1.82, 2.24) is 9.97 Å². The second kappa shape index (κ2) is 7.51. The fraction of sp³-hybridized carbons (Fsp3) is 0.250. The van der Waals surface area contributed by atoms with E-state index in [4.69, 9.17) is 21.1 Å². The smallest absolute Gasteiger partial charge is 0.139 e. The van der Waals surface area contributed by atoms with Gasteiger partial charge in [-0.1, -0.05) is 11.8 Å². The number of hydrogen-bond donors (Lipinski definition) is 0. The molecule has 0 fully saturated rings. The van der Waals surface area contributed by atoms with Crippen LogP contribution < -0.4 is 9.47 Å². The Balaban J connectivity index is 2.07. The predicted octanol–water partition coefficient (Wildman–Crippen LogP) is 2.96. The summed E-state index contributed by atoms with van der Waals surface area (Å²) in [6.45, 7) is 2.25. The summed E-state index contributed by atoms with van der Waals surface area (Å²) < 4.78 is 10.9. The number of rotatable bonds is 4.